The fourth-order valence-electron chi connectivity index (χ4n) is 5.08. The number of carbonyl (C=O) groups excluding carboxylic acids is 1. The van der Waals surface area contributed by atoms with E-state index in [0.717, 1.165) is 57.8 Å². The van der Waals surface area contributed by atoms with Crippen molar-refractivity contribution in [2.75, 3.05) is 83.4 Å². The van der Waals surface area contributed by atoms with Gasteiger partial charge in [0.2, 0.25) is 5.91 Å². The molecule has 1 N–H and O–H groups in total. The number of aryl methyl sites for hydroxylation is 1. The van der Waals surface area contributed by atoms with E-state index in [9.17, 15) is 4.79 Å². The lowest BCUT2D eigenvalue weighted by atomic mass is 10.0. The Morgan fingerprint density at radius 2 is 1.33 bits per heavy atom. The summed E-state index contributed by atoms with van der Waals surface area (Å²) in [6.45, 7) is 8.57. The van der Waals surface area contributed by atoms with Gasteiger partial charge in [0.15, 0.2) is 0 Å². The van der Waals surface area contributed by atoms with Gasteiger partial charge < -0.3 is 24.4 Å². The molecule has 0 bridgehead atoms. The second-order valence-electron chi connectivity index (χ2n) is 10.5. The number of carbonyl (C=O) groups is 1. The van der Waals surface area contributed by atoms with Crippen LogP contribution in [0, 0.1) is 0 Å². The average molecular weight is 592 g/mol. The first-order valence-corrected chi connectivity index (χ1v) is 15.7. The van der Waals surface area contributed by atoms with E-state index >= 15 is 0 Å². The van der Waals surface area contributed by atoms with Crippen LogP contribution in [0.1, 0.15) is 29.2 Å². The summed E-state index contributed by atoms with van der Waals surface area (Å²) >= 11 is 4.08. The third-order valence-electron chi connectivity index (χ3n) is 7.38. The smallest absolute Gasteiger partial charge is 0.250 e. The Morgan fingerprint density at radius 1 is 0.738 bits per heavy atom. The number of nitrogens with one attached hydrogen (secondary N) is 1. The van der Waals surface area contributed by atoms with Crippen molar-refractivity contribution < 1.29 is 19.0 Å². The van der Waals surface area contributed by atoms with Crippen LogP contribution in [-0.4, -0.2) is 93.8 Å². The van der Waals surface area contributed by atoms with Crippen molar-refractivity contribution in [2.45, 2.75) is 18.9 Å². The summed E-state index contributed by atoms with van der Waals surface area (Å²) in [5, 5.41) is 2.88. The number of piperazine rings is 1. The Morgan fingerprint density at radius 3 is 1.95 bits per heavy atom. The highest BCUT2D eigenvalue weighted by atomic mass is 32.1. The molecule has 226 valence electrons. The summed E-state index contributed by atoms with van der Waals surface area (Å²) in [7, 11) is 0. The maximum absolute atomic E-state index is 12.1. The van der Waals surface area contributed by atoms with Crippen LogP contribution in [0.4, 0.5) is 5.69 Å². The van der Waals surface area contributed by atoms with E-state index in [1.807, 2.05) is 24.3 Å². The minimum absolute atomic E-state index is 0.0220. The Hall–Kier alpha value is -2.72. The lowest BCUT2D eigenvalue weighted by Gasteiger charge is -2.35. The van der Waals surface area contributed by atoms with Crippen molar-refractivity contribution in [3.8, 4) is 0 Å². The normalized spacial score (nSPS) is 14.3. The van der Waals surface area contributed by atoms with Crippen molar-refractivity contribution in [2.24, 2.45) is 0 Å². The fraction of sp³-hybridized carbons (Fsp3) is 0.441. The van der Waals surface area contributed by atoms with Gasteiger partial charge in [0.1, 0.15) is 12.7 Å². The molecule has 0 aliphatic carbocycles. The molecule has 0 aromatic heterocycles. The Bertz CT molecular complexity index is 1100. The third-order valence-corrected chi connectivity index (χ3v) is 7.56. The van der Waals surface area contributed by atoms with Gasteiger partial charge in [-0.3, -0.25) is 9.69 Å². The van der Waals surface area contributed by atoms with Gasteiger partial charge in [0.05, 0.1) is 26.4 Å². The zero-order chi connectivity index (χ0) is 29.2. The van der Waals surface area contributed by atoms with Gasteiger partial charge >= 0.3 is 0 Å². The number of anilines is 1. The molecule has 3 aromatic carbocycles. The maximum atomic E-state index is 12.1. The first kappa shape index (κ1) is 32.2. The van der Waals surface area contributed by atoms with Crippen LogP contribution >= 0.6 is 12.6 Å². The van der Waals surface area contributed by atoms with Gasteiger partial charge in [0, 0.05) is 44.2 Å². The highest BCUT2D eigenvalue weighted by Crippen LogP contribution is 2.25. The van der Waals surface area contributed by atoms with E-state index in [1.165, 1.54) is 16.7 Å². The SMILES string of the molecule is O=C(COCCOCCS)Nc1ccc(CCCN2CCN(CCOC(c3ccccc3)c3ccccc3)CC2)cc1. The van der Waals surface area contributed by atoms with E-state index < -0.39 is 0 Å². The molecule has 3 aromatic rings. The second kappa shape index (κ2) is 18.7. The van der Waals surface area contributed by atoms with Gasteiger partial charge in [-0.2, -0.15) is 12.6 Å². The summed E-state index contributed by atoms with van der Waals surface area (Å²) in [5.74, 6) is 0.519. The van der Waals surface area contributed by atoms with Crippen LogP contribution in [0.2, 0.25) is 0 Å². The summed E-state index contributed by atoms with van der Waals surface area (Å²) in [5.41, 5.74) is 4.46. The molecule has 1 fully saturated rings. The van der Waals surface area contributed by atoms with Crippen molar-refractivity contribution in [1.82, 2.24) is 9.80 Å². The Kier molecular flexibility index (Phi) is 14.4. The first-order chi connectivity index (χ1) is 20.7. The lowest BCUT2D eigenvalue weighted by molar-refractivity contribution is -0.121. The molecule has 1 aliphatic heterocycles. The molecule has 1 aliphatic rings. The molecule has 1 amide bonds. The first-order valence-electron chi connectivity index (χ1n) is 15.0. The molecule has 0 saturated carbocycles. The van der Waals surface area contributed by atoms with Crippen molar-refractivity contribution >= 4 is 24.2 Å². The van der Waals surface area contributed by atoms with Crippen molar-refractivity contribution in [3.63, 3.8) is 0 Å². The molecule has 0 unspecified atom stereocenters. The van der Waals surface area contributed by atoms with Crippen LogP contribution < -0.4 is 5.32 Å². The Labute approximate surface area is 256 Å². The molecule has 8 heteroatoms. The fourth-order valence-corrected chi connectivity index (χ4v) is 5.21. The summed E-state index contributed by atoms with van der Waals surface area (Å²) in [6, 6.07) is 29.1. The maximum Gasteiger partial charge on any atom is 0.250 e. The molecular formula is C34H45N3O4S. The molecular weight excluding hydrogens is 546 g/mol. The van der Waals surface area contributed by atoms with Crippen LogP contribution in [0.25, 0.3) is 0 Å². The van der Waals surface area contributed by atoms with Crippen molar-refractivity contribution in [1.29, 1.82) is 0 Å². The molecule has 0 spiro atoms. The van der Waals surface area contributed by atoms with E-state index in [1.54, 1.807) is 0 Å². The van der Waals surface area contributed by atoms with E-state index in [4.69, 9.17) is 14.2 Å². The number of hydrogen-bond donors (Lipinski definition) is 2. The van der Waals surface area contributed by atoms with E-state index in [2.05, 4.69) is 88.4 Å². The van der Waals surface area contributed by atoms with E-state index in [-0.39, 0.29) is 18.6 Å². The van der Waals surface area contributed by atoms with Crippen LogP contribution in [0.3, 0.4) is 0 Å². The van der Waals surface area contributed by atoms with Gasteiger partial charge in [-0.25, -0.2) is 0 Å². The third kappa shape index (κ3) is 11.5. The topological polar surface area (TPSA) is 63.3 Å². The number of rotatable bonds is 18. The number of nitrogens with zero attached hydrogens (tertiary/aromatic N) is 2. The number of amides is 1. The zero-order valence-electron chi connectivity index (χ0n) is 24.5. The van der Waals surface area contributed by atoms with Crippen LogP contribution in [0.15, 0.2) is 84.9 Å². The second-order valence-corrected chi connectivity index (χ2v) is 10.9. The van der Waals surface area contributed by atoms with Gasteiger partial charge in [0.25, 0.3) is 0 Å². The Balaban J connectivity index is 1.08. The minimum Gasteiger partial charge on any atom is -0.378 e. The monoisotopic (exact) mass is 591 g/mol. The predicted octanol–water partition coefficient (Wildman–Crippen LogP) is 4.94. The average Bonchev–Trinajstić information content (AvgIpc) is 3.03. The van der Waals surface area contributed by atoms with E-state index in [0.29, 0.717) is 32.2 Å². The standard InChI is InChI=1S/C34H45N3O4S/c38-33(28-40-25-24-39-26-27-42)35-32-15-13-29(14-16-32)8-7-17-36-18-20-37(21-19-36)22-23-41-34(30-9-3-1-4-10-30)31-11-5-2-6-12-31/h1-6,9-16,34,42H,7-8,17-28H2,(H,35,38). The predicted molar refractivity (Wildman–Crippen MR) is 172 cm³/mol. The summed E-state index contributed by atoms with van der Waals surface area (Å²) in [6.07, 6.45) is 2.11. The highest BCUT2D eigenvalue weighted by Gasteiger charge is 2.18. The largest absolute Gasteiger partial charge is 0.378 e. The lowest BCUT2D eigenvalue weighted by Crippen LogP contribution is -2.47. The molecule has 1 heterocycles. The number of ether oxygens (including phenoxy) is 3. The molecule has 1 saturated heterocycles. The number of thiol groups is 1. The number of benzene rings is 3. The summed E-state index contributed by atoms with van der Waals surface area (Å²) < 4.78 is 17.0. The minimum atomic E-state index is -0.158. The van der Waals surface area contributed by atoms with Crippen molar-refractivity contribution in [3.05, 3.63) is 102 Å². The van der Waals surface area contributed by atoms with Gasteiger partial charge in [-0.05, 0) is 48.2 Å². The number of hydrogen-bond acceptors (Lipinski definition) is 7. The van der Waals surface area contributed by atoms with Crippen LogP contribution in [0.5, 0.6) is 0 Å². The van der Waals surface area contributed by atoms with Crippen LogP contribution in [-0.2, 0) is 25.4 Å². The van der Waals surface area contributed by atoms with Gasteiger partial charge in [-0.1, -0.05) is 72.8 Å². The van der Waals surface area contributed by atoms with Gasteiger partial charge in [-0.15, -0.1) is 0 Å². The molecule has 0 atom stereocenters. The summed E-state index contributed by atoms with van der Waals surface area (Å²) in [4.78, 5) is 17.1. The molecule has 42 heavy (non-hydrogen) atoms. The zero-order valence-corrected chi connectivity index (χ0v) is 25.4. The molecule has 0 radical (unpaired) electrons. The highest BCUT2D eigenvalue weighted by molar-refractivity contribution is 7.80. The molecule has 4 rings (SSSR count). The quantitative estimate of drug-likeness (QED) is 0.161. The molecule has 7 nitrogen and oxygen atoms in total.